The minimum atomic E-state index is 0.347. The lowest BCUT2D eigenvalue weighted by molar-refractivity contribution is 0.469. The summed E-state index contributed by atoms with van der Waals surface area (Å²) in [4.78, 5) is 0. The Labute approximate surface area is 132 Å². The Morgan fingerprint density at radius 3 is 2.89 bits per heavy atom. The fraction of sp³-hybridized carbons (Fsp3) is 0.500. The molecule has 1 N–H and O–H groups in total. The van der Waals surface area contributed by atoms with Crippen molar-refractivity contribution in [3.05, 3.63) is 37.9 Å². The molecule has 0 aliphatic heterocycles. The third kappa shape index (κ3) is 3.79. The molecule has 2 rings (SSSR count). The van der Waals surface area contributed by atoms with E-state index in [2.05, 4.69) is 75.2 Å². The highest BCUT2D eigenvalue weighted by Gasteiger charge is 2.14. The van der Waals surface area contributed by atoms with Crippen LogP contribution in [-0.2, 0) is 6.42 Å². The van der Waals surface area contributed by atoms with E-state index in [1.54, 1.807) is 11.3 Å². The Kier molecular flexibility index (Phi) is 5.41. The van der Waals surface area contributed by atoms with Crippen molar-refractivity contribution in [1.29, 1.82) is 0 Å². The number of nitrogens with one attached hydrogen (secondary N) is 1. The standard InChI is InChI=1S/C14H20IN3S/c1-4-10(2)18-6-5-12(17-18)8-13(16-3)11-7-14(15)19-9-11/h5-7,9-10,13,16H,4,8H2,1-3H3. The number of hydrogen-bond donors (Lipinski definition) is 1. The van der Waals surface area contributed by atoms with Crippen LogP contribution in [0.3, 0.4) is 0 Å². The van der Waals surface area contributed by atoms with Crippen LogP contribution in [0.15, 0.2) is 23.7 Å². The molecule has 2 aromatic heterocycles. The molecular formula is C14H20IN3S. The van der Waals surface area contributed by atoms with E-state index in [-0.39, 0.29) is 0 Å². The number of nitrogens with zero attached hydrogens (tertiary/aromatic N) is 2. The molecule has 0 aliphatic carbocycles. The van der Waals surface area contributed by atoms with E-state index < -0.39 is 0 Å². The predicted molar refractivity (Wildman–Crippen MR) is 89.8 cm³/mol. The minimum absolute atomic E-state index is 0.347. The zero-order chi connectivity index (χ0) is 13.8. The summed E-state index contributed by atoms with van der Waals surface area (Å²) >= 11 is 4.16. The molecule has 2 aromatic rings. The Balaban J connectivity index is 2.08. The Morgan fingerprint density at radius 2 is 2.32 bits per heavy atom. The zero-order valence-electron chi connectivity index (χ0n) is 11.6. The first-order chi connectivity index (χ1) is 9.13. The number of hydrogen-bond acceptors (Lipinski definition) is 3. The van der Waals surface area contributed by atoms with Crippen LogP contribution in [0.1, 0.15) is 43.6 Å². The van der Waals surface area contributed by atoms with Gasteiger partial charge in [0.05, 0.1) is 8.58 Å². The van der Waals surface area contributed by atoms with Crippen LogP contribution < -0.4 is 5.32 Å². The highest BCUT2D eigenvalue weighted by Crippen LogP contribution is 2.24. The molecular weight excluding hydrogens is 369 g/mol. The van der Waals surface area contributed by atoms with Crippen molar-refractivity contribution in [2.24, 2.45) is 0 Å². The second-order valence-corrected chi connectivity index (χ2v) is 7.58. The molecule has 0 fully saturated rings. The molecule has 5 heteroatoms. The molecule has 0 amide bonds. The lowest BCUT2D eigenvalue weighted by Gasteiger charge is -2.13. The van der Waals surface area contributed by atoms with E-state index in [0.717, 1.165) is 18.5 Å². The molecule has 2 atom stereocenters. The third-order valence-corrected chi connectivity index (χ3v) is 5.27. The highest BCUT2D eigenvalue weighted by molar-refractivity contribution is 14.1. The van der Waals surface area contributed by atoms with Crippen LogP contribution in [0.4, 0.5) is 0 Å². The van der Waals surface area contributed by atoms with Gasteiger partial charge in [-0.25, -0.2) is 0 Å². The van der Waals surface area contributed by atoms with Gasteiger partial charge in [0.15, 0.2) is 0 Å². The van der Waals surface area contributed by atoms with Gasteiger partial charge in [0, 0.05) is 24.7 Å². The maximum atomic E-state index is 4.68. The van der Waals surface area contributed by atoms with Gasteiger partial charge < -0.3 is 5.32 Å². The van der Waals surface area contributed by atoms with Crippen LogP contribution in [0, 0.1) is 2.88 Å². The molecule has 0 aromatic carbocycles. The van der Waals surface area contributed by atoms with Crippen molar-refractivity contribution in [2.75, 3.05) is 7.05 Å². The van der Waals surface area contributed by atoms with Gasteiger partial charge in [-0.15, -0.1) is 11.3 Å². The van der Waals surface area contributed by atoms with Crippen LogP contribution in [0.25, 0.3) is 0 Å². The fourth-order valence-corrected chi connectivity index (χ4v) is 3.45. The quantitative estimate of drug-likeness (QED) is 0.757. The second-order valence-electron chi connectivity index (χ2n) is 4.77. The van der Waals surface area contributed by atoms with Gasteiger partial charge in [-0.1, -0.05) is 6.92 Å². The third-order valence-electron chi connectivity index (χ3n) is 3.46. The van der Waals surface area contributed by atoms with E-state index in [9.17, 15) is 0 Å². The largest absolute Gasteiger partial charge is 0.313 e. The molecule has 0 saturated heterocycles. The lowest BCUT2D eigenvalue weighted by Crippen LogP contribution is -2.18. The van der Waals surface area contributed by atoms with Gasteiger partial charge in [0.25, 0.3) is 0 Å². The molecule has 0 saturated carbocycles. The molecule has 2 heterocycles. The fourth-order valence-electron chi connectivity index (χ4n) is 2.02. The average Bonchev–Trinajstić information content (AvgIpc) is 3.04. The van der Waals surface area contributed by atoms with E-state index in [0.29, 0.717) is 12.1 Å². The van der Waals surface area contributed by atoms with Crippen LogP contribution in [0.2, 0.25) is 0 Å². The van der Waals surface area contributed by atoms with E-state index in [1.165, 1.54) is 8.45 Å². The monoisotopic (exact) mass is 389 g/mol. The topological polar surface area (TPSA) is 29.9 Å². The number of halogens is 1. The van der Waals surface area contributed by atoms with Crippen molar-refractivity contribution in [3.8, 4) is 0 Å². The van der Waals surface area contributed by atoms with Crippen LogP contribution in [-0.4, -0.2) is 16.8 Å². The predicted octanol–water partition coefficient (Wildman–Crippen LogP) is 4.02. The van der Waals surface area contributed by atoms with Gasteiger partial charge in [-0.2, -0.15) is 5.10 Å². The normalized spacial score (nSPS) is 14.5. The van der Waals surface area contributed by atoms with Gasteiger partial charge in [-0.3, -0.25) is 4.68 Å². The summed E-state index contributed by atoms with van der Waals surface area (Å²) in [6.07, 6.45) is 4.14. The zero-order valence-corrected chi connectivity index (χ0v) is 14.5. The first-order valence-electron chi connectivity index (χ1n) is 6.59. The maximum Gasteiger partial charge on any atom is 0.0656 e. The molecule has 104 valence electrons. The highest BCUT2D eigenvalue weighted by atomic mass is 127. The first kappa shape index (κ1) is 15.0. The van der Waals surface area contributed by atoms with Gasteiger partial charge in [0.2, 0.25) is 0 Å². The molecule has 3 nitrogen and oxygen atoms in total. The summed E-state index contributed by atoms with van der Waals surface area (Å²) in [5, 5.41) is 10.3. The summed E-state index contributed by atoms with van der Waals surface area (Å²) in [7, 11) is 2.01. The number of thiophene rings is 1. The summed E-state index contributed by atoms with van der Waals surface area (Å²) in [5.74, 6) is 0. The smallest absolute Gasteiger partial charge is 0.0656 e. The lowest BCUT2D eigenvalue weighted by atomic mass is 10.1. The van der Waals surface area contributed by atoms with Gasteiger partial charge in [0.1, 0.15) is 0 Å². The molecule has 0 spiro atoms. The van der Waals surface area contributed by atoms with E-state index in [1.807, 2.05) is 7.05 Å². The Morgan fingerprint density at radius 1 is 1.53 bits per heavy atom. The summed E-state index contributed by atoms with van der Waals surface area (Å²) in [6.45, 7) is 4.39. The molecule has 2 unspecified atom stereocenters. The van der Waals surface area contributed by atoms with E-state index in [4.69, 9.17) is 0 Å². The van der Waals surface area contributed by atoms with Crippen LogP contribution >= 0.6 is 33.9 Å². The first-order valence-corrected chi connectivity index (χ1v) is 8.55. The van der Waals surface area contributed by atoms with Crippen molar-refractivity contribution in [3.63, 3.8) is 0 Å². The van der Waals surface area contributed by atoms with Crippen molar-refractivity contribution in [1.82, 2.24) is 15.1 Å². The summed E-state index contributed by atoms with van der Waals surface area (Å²) < 4.78 is 3.40. The number of aromatic nitrogens is 2. The van der Waals surface area contributed by atoms with Crippen LogP contribution in [0.5, 0.6) is 0 Å². The Bertz CT molecular complexity index is 520. The molecule has 0 aliphatic rings. The molecule has 0 bridgehead atoms. The van der Waals surface area contributed by atoms with Crippen molar-refractivity contribution < 1.29 is 0 Å². The average molecular weight is 389 g/mol. The van der Waals surface area contributed by atoms with Gasteiger partial charge in [-0.05, 0) is 66.1 Å². The second kappa shape index (κ2) is 6.85. The Hall–Kier alpha value is -0.400. The molecule has 0 radical (unpaired) electrons. The molecule has 19 heavy (non-hydrogen) atoms. The van der Waals surface area contributed by atoms with E-state index >= 15 is 0 Å². The van der Waals surface area contributed by atoms with Crippen molar-refractivity contribution in [2.45, 2.75) is 38.8 Å². The maximum absolute atomic E-state index is 4.68. The summed E-state index contributed by atoms with van der Waals surface area (Å²) in [5.41, 5.74) is 2.51. The van der Waals surface area contributed by atoms with Gasteiger partial charge >= 0.3 is 0 Å². The number of likely N-dealkylation sites (N-methyl/N-ethyl adjacent to an activating group) is 1. The minimum Gasteiger partial charge on any atom is -0.313 e. The van der Waals surface area contributed by atoms with Crippen molar-refractivity contribution >= 4 is 33.9 Å². The number of rotatable bonds is 6. The summed E-state index contributed by atoms with van der Waals surface area (Å²) in [6, 6.07) is 5.20. The SMILES string of the molecule is CCC(C)n1ccc(CC(NC)c2csc(I)c2)n1.